The predicted molar refractivity (Wildman–Crippen MR) is 56.5 cm³/mol. The number of aromatic nitrogens is 1. The Kier molecular flexibility index (Phi) is 2.84. The van der Waals surface area contributed by atoms with Crippen molar-refractivity contribution in [3.05, 3.63) is 23.4 Å². The number of pyridine rings is 1. The van der Waals surface area contributed by atoms with Crippen LogP contribution in [0.15, 0.2) is 12.1 Å². The second-order valence-electron chi connectivity index (χ2n) is 3.70. The van der Waals surface area contributed by atoms with E-state index in [0.717, 1.165) is 31.1 Å². The number of aryl methyl sites for hydroxylation is 1. The molecule has 0 aromatic carbocycles. The Hall–Kier alpha value is -1.60. The zero-order valence-electron chi connectivity index (χ0n) is 8.66. The van der Waals surface area contributed by atoms with Gasteiger partial charge in [-0.2, -0.15) is 5.26 Å². The lowest BCUT2D eigenvalue weighted by Crippen LogP contribution is -2.19. The Labute approximate surface area is 88.9 Å². The molecule has 0 spiro atoms. The summed E-state index contributed by atoms with van der Waals surface area (Å²) in [5.74, 6) is 0.766. The average molecular weight is 203 g/mol. The SMILES string of the molecule is Cc1cc(C#N)cc(NC2CCOC2)n1. The van der Waals surface area contributed by atoms with Crippen LogP contribution in [0.1, 0.15) is 17.7 Å². The highest BCUT2D eigenvalue weighted by molar-refractivity contribution is 5.45. The highest BCUT2D eigenvalue weighted by Gasteiger charge is 2.15. The molecule has 2 heterocycles. The van der Waals surface area contributed by atoms with E-state index in [-0.39, 0.29) is 0 Å². The Balaban J connectivity index is 2.13. The fourth-order valence-electron chi connectivity index (χ4n) is 1.66. The van der Waals surface area contributed by atoms with E-state index in [2.05, 4.69) is 16.4 Å². The molecule has 1 atom stereocenters. The van der Waals surface area contributed by atoms with Crippen molar-refractivity contribution in [2.75, 3.05) is 18.5 Å². The van der Waals surface area contributed by atoms with Gasteiger partial charge in [0.15, 0.2) is 0 Å². The first-order valence-electron chi connectivity index (χ1n) is 5.01. The summed E-state index contributed by atoms with van der Waals surface area (Å²) in [5, 5.41) is 12.1. The predicted octanol–water partition coefficient (Wildman–Crippen LogP) is 1.46. The van der Waals surface area contributed by atoms with E-state index >= 15 is 0 Å². The molecule has 4 heteroatoms. The number of hydrogen-bond acceptors (Lipinski definition) is 4. The fourth-order valence-corrected chi connectivity index (χ4v) is 1.66. The summed E-state index contributed by atoms with van der Waals surface area (Å²) < 4.78 is 5.26. The standard InChI is InChI=1S/C11H13N3O/c1-8-4-9(6-12)5-11(13-8)14-10-2-3-15-7-10/h4-5,10H,2-3,7H2,1H3,(H,13,14). The molecule has 78 valence electrons. The molecule has 1 aromatic heterocycles. The molecule has 4 nitrogen and oxygen atoms in total. The average Bonchev–Trinajstić information content (AvgIpc) is 2.69. The number of rotatable bonds is 2. The minimum absolute atomic E-state index is 0.325. The van der Waals surface area contributed by atoms with E-state index in [1.54, 1.807) is 12.1 Å². The summed E-state index contributed by atoms with van der Waals surface area (Å²) in [6, 6.07) is 5.99. The lowest BCUT2D eigenvalue weighted by atomic mass is 10.2. The lowest BCUT2D eigenvalue weighted by Gasteiger charge is -2.11. The molecule has 1 aromatic rings. The molecule has 15 heavy (non-hydrogen) atoms. The number of anilines is 1. The largest absolute Gasteiger partial charge is 0.379 e. The van der Waals surface area contributed by atoms with Gasteiger partial charge in [-0.3, -0.25) is 0 Å². The summed E-state index contributed by atoms with van der Waals surface area (Å²) in [6.07, 6.45) is 0.998. The third-order valence-corrected chi connectivity index (χ3v) is 2.36. The molecule has 0 bridgehead atoms. The molecule has 0 saturated carbocycles. The van der Waals surface area contributed by atoms with Crippen LogP contribution in [0.2, 0.25) is 0 Å². The Morgan fingerprint density at radius 1 is 1.60 bits per heavy atom. The van der Waals surface area contributed by atoms with Crippen LogP contribution in [0.5, 0.6) is 0 Å². The van der Waals surface area contributed by atoms with E-state index in [9.17, 15) is 0 Å². The highest BCUT2D eigenvalue weighted by atomic mass is 16.5. The van der Waals surface area contributed by atoms with Crippen molar-refractivity contribution in [2.45, 2.75) is 19.4 Å². The van der Waals surface area contributed by atoms with Gasteiger partial charge in [-0.1, -0.05) is 0 Å². The van der Waals surface area contributed by atoms with Gasteiger partial charge in [0.2, 0.25) is 0 Å². The number of nitriles is 1. The molecule has 2 rings (SSSR count). The summed E-state index contributed by atoms with van der Waals surface area (Å²) in [4.78, 5) is 4.33. The minimum atomic E-state index is 0.325. The second-order valence-corrected chi connectivity index (χ2v) is 3.70. The maximum Gasteiger partial charge on any atom is 0.127 e. The van der Waals surface area contributed by atoms with Crippen LogP contribution in [0.25, 0.3) is 0 Å². The van der Waals surface area contributed by atoms with Crippen LogP contribution in [0.4, 0.5) is 5.82 Å². The molecule has 0 radical (unpaired) electrons. The van der Waals surface area contributed by atoms with Crippen molar-refractivity contribution >= 4 is 5.82 Å². The van der Waals surface area contributed by atoms with Crippen LogP contribution in [0, 0.1) is 18.3 Å². The van der Waals surface area contributed by atoms with Gasteiger partial charge in [0.1, 0.15) is 5.82 Å². The number of nitrogens with one attached hydrogen (secondary N) is 1. The van der Waals surface area contributed by atoms with Crippen molar-refractivity contribution in [3.8, 4) is 6.07 Å². The first-order valence-corrected chi connectivity index (χ1v) is 5.01. The molecular weight excluding hydrogens is 190 g/mol. The van der Waals surface area contributed by atoms with E-state index in [1.165, 1.54) is 0 Å². The van der Waals surface area contributed by atoms with E-state index in [1.807, 2.05) is 6.92 Å². The Morgan fingerprint density at radius 3 is 3.13 bits per heavy atom. The number of nitrogens with zero attached hydrogens (tertiary/aromatic N) is 2. The third-order valence-electron chi connectivity index (χ3n) is 2.36. The van der Waals surface area contributed by atoms with Gasteiger partial charge in [0.05, 0.1) is 24.3 Å². The van der Waals surface area contributed by atoms with Gasteiger partial charge < -0.3 is 10.1 Å². The normalized spacial score (nSPS) is 19.9. The maximum atomic E-state index is 8.82. The number of hydrogen-bond donors (Lipinski definition) is 1. The van der Waals surface area contributed by atoms with E-state index in [0.29, 0.717) is 11.6 Å². The van der Waals surface area contributed by atoms with Gasteiger partial charge in [0.25, 0.3) is 0 Å². The first-order chi connectivity index (χ1) is 7.28. The molecule has 1 aliphatic rings. The Morgan fingerprint density at radius 2 is 2.47 bits per heavy atom. The summed E-state index contributed by atoms with van der Waals surface area (Å²) in [7, 11) is 0. The quantitative estimate of drug-likeness (QED) is 0.790. The van der Waals surface area contributed by atoms with Crippen LogP contribution in [-0.4, -0.2) is 24.2 Å². The maximum absolute atomic E-state index is 8.82. The molecule has 0 aliphatic carbocycles. The molecule has 1 N–H and O–H groups in total. The first kappa shape index (κ1) is 9.94. The summed E-state index contributed by atoms with van der Waals surface area (Å²) >= 11 is 0. The van der Waals surface area contributed by atoms with Crippen molar-refractivity contribution < 1.29 is 4.74 Å². The van der Waals surface area contributed by atoms with Crippen molar-refractivity contribution in [2.24, 2.45) is 0 Å². The summed E-state index contributed by atoms with van der Waals surface area (Å²) in [6.45, 7) is 3.41. The highest BCUT2D eigenvalue weighted by Crippen LogP contribution is 2.14. The fraction of sp³-hybridized carbons (Fsp3) is 0.455. The van der Waals surface area contributed by atoms with Crippen molar-refractivity contribution in [1.29, 1.82) is 5.26 Å². The van der Waals surface area contributed by atoms with Gasteiger partial charge >= 0.3 is 0 Å². The monoisotopic (exact) mass is 203 g/mol. The lowest BCUT2D eigenvalue weighted by molar-refractivity contribution is 0.195. The van der Waals surface area contributed by atoms with E-state index < -0.39 is 0 Å². The molecule has 0 amide bonds. The molecular formula is C11H13N3O. The van der Waals surface area contributed by atoms with Gasteiger partial charge in [-0.25, -0.2) is 4.98 Å². The van der Waals surface area contributed by atoms with Crippen molar-refractivity contribution in [1.82, 2.24) is 4.98 Å². The summed E-state index contributed by atoms with van der Waals surface area (Å²) in [5.41, 5.74) is 1.50. The molecule has 1 unspecified atom stereocenters. The zero-order valence-corrected chi connectivity index (χ0v) is 8.66. The van der Waals surface area contributed by atoms with Gasteiger partial charge in [0, 0.05) is 12.3 Å². The van der Waals surface area contributed by atoms with E-state index in [4.69, 9.17) is 10.00 Å². The number of ether oxygens (including phenoxy) is 1. The Bertz CT molecular complexity index is 391. The van der Waals surface area contributed by atoms with Gasteiger partial charge in [-0.05, 0) is 25.5 Å². The van der Waals surface area contributed by atoms with Crippen LogP contribution >= 0.6 is 0 Å². The van der Waals surface area contributed by atoms with Crippen molar-refractivity contribution in [3.63, 3.8) is 0 Å². The van der Waals surface area contributed by atoms with Gasteiger partial charge in [-0.15, -0.1) is 0 Å². The zero-order chi connectivity index (χ0) is 10.7. The molecule has 1 aliphatic heterocycles. The van der Waals surface area contributed by atoms with Crippen LogP contribution < -0.4 is 5.32 Å². The molecule has 1 fully saturated rings. The second kappa shape index (κ2) is 4.28. The minimum Gasteiger partial charge on any atom is -0.379 e. The topological polar surface area (TPSA) is 57.9 Å². The smallest absolute Gasteiger partial charge is 0.127 e. The van der Waals surface area contributed by atoms with Crippen LogP contribution in [-0.2, 0) is 4.74 Å². The molecule has 1 saturated heterocycles. The van der Waals surface area contributed by atoms with Crippen LogP contribution in [0.3, 0.4) is 0 Å². The third kappa shape index (κ3) is 2.45.